The number of ether oxygens (including phenoxy) is 3. The van der Waals surface area contributed by atoms with E-state index in [1.54, 1.807) is 31.7 Å². The molecule has 0 bridgehead atoms. The molecule has 0 radical (unpaired) electrons. The molecule has 10 nitrogen and oxygen atoms in total. The van der Waals surface area contributed by atoms with Crippen molar-refractivity contribution in [3.05, 3.63) is 35.7 Å². The lowest BCUT2D eigenvalue weighted by molar-refractivity contribution is -0.0569. The number of pyridine rings is 1. The molecule has 2 aliphatic heterocycles. The predicted octanol–water partition coefficient (Wildman–Crippen LogP) is 4.35. The first kappa shape index (κ1) is 25.1. The summed E-state index contributed by atoms with van der Waals surface area (Å²) in [4.78, 5) is 22.7. The van der Waals surface area contributed by atoms with Gasteiger partial charge in [-0.25, -0.2) is 28.1 Å². The second-order valence-corrected chi connectivity index (χ2v) is 10.2. The Labute approximate surface area is 212 Å². The van der Waals surface area contributed by atoms with Crippen molar-refractivity contribution in [2.45, 2.75) is 57.8 Å². The number of hydrogen-bond acceptors (Lipinski definition) is 8. The molecule has 198 valence electrons. The molecule has 0 spiro atoms. The zero-order valence-electron chi connectivity index (χ0n) is 21.3. The minimum Gasteiger partial charge on any atom is -0.495 e. The van der Waals surface area contributed by atoms with E-state index < -0.39 is 23.3 Å². The van der Waals surface area contributed by atoms with Crippen LogP contribution in [0, 0.1) is 11.6 Å². The summed E-state index contributed by atoms with van der Waals surface area (Å²) >= 11 is 0. The van der Waals surface area contributed by atoms with Crippen LogP contribution in [0.1, 0.15) is 51.8 Å². The van der Waals surface area contributed by atoms with Crippen molar-refractivity contribution < 1.29 is 27.8 Å². The Hall–Kier alpha value is -3.54. The van der Waals surface area contributed by atoms with Gasteiger partial charge in [0.1, 0.15) is 34.5 Å². The number of fused-ring (bicyclic) bond motifs is 1. The first-order valence-corrected chi connectivity index (χ1v) is 12.3. The number of imidazole rings is 1. The van der Waals surface area contributed by atoms with Crippen molar-refractivity contribution in [2.24, 2.45) is 0 Å². The van der Waals surface area contributed by atoms with Gasteiger partial charge in [-0.15, -0.1) is 0 Å². The normalized spacial score (nSPS) is 20.0. The maximum Gasteiger partial charge on any atom is 0.410 e. The fraction of sp³-hybridized carbons (Fsp3) is 0.520. The predicted molar refractivity (Wildman–Crippen MR) is 130 cm³/mol. The molecule has 3 aromatic rings. The van der Waals surface area contributed by atoms with E-state index >= 15 is 0 Å². The Balaban J connectivity index is 1.42. The smallest absolute Gasteiger partial charge is 0.410 e. The second kappa shape index (κ2) is 9.73. The number of nitrogens with zero attached hydrogens (tertiary/aromatic N) is 5. The summed E-state index contributed by atoms with van der Waals surface area (Å²) in [6, 6.07) is 2.20. The van der Waals surface area contributed by atoms with Gasteiger partial charge in [-0.1, -0.05) is 0 Å². The lowest BCUT2D eigenvalue weighted by atomic mass is 10.1. The van der Waals surface area contributed by atoms with E-state index in [1.807, 2.05) is 0 Å². The van der Waals surface area contributed by atoms with Crippen LogP contribution in [0.15, 0.2) is 18.3 Å². The van der Waals surface area contributed by atoms with Crippen molar-refractivity contribution in [1.29, 1.82) is 0 Å². The van der Waals surface area contributed by atoms with E-state index in [0.717, 1.165) is 12.5 Å². The summed E-state index contributed by atoms with van der Waals surface area (Å²) in [5, 5.41) is 7.65. The zero-order valence-corrected chi connectivity index (χ0v) is 21.3. The topological polar surface area (TPSA) is 103 Å². The Kier molecular flexibility index (Phi) is 6.61. The number of methoxy groups -OCH3 is 1. The molecule has 0 aromatic carbocycles. The fourth-order valence-corrected chi connectivity index (χ4v) is 4.44. The van der Waals surface area contributed by atoms with Gasteiger partial charge in [0.25, 0.3) is 0 Å². The van der Waals surface area contributed by atoms with Crippen LogP contribution >= 0.6 is 0 Å². The lowest BCUT2D eigenvalue weighted by Crippen LogP contribution is -2.47. The van der Waals surface area contributed by atoms with Gasteiger partial charge in [0.2, 0.25) is 0 Å². The van der Waals surface area contributed by atoms with E-state index in [9.17, 15) is 13.6 Å². The number of anilines is 1. The van der Waals surface area contributed by atoms with E-state index in [1.165, 1.54) is 17.8 Å². The van der Waals surface area contributed by atoms with Crippen LogP contribution in [0.4, 0.5) is 19.4 Å². The molecule has 0 saturated carbocycles. The fourth-order valence-electron chi connectivity index (χ4n) is 4.44. The van der Waals surface area contributed by atoms with Crippen LogP contribution in [0.25, 0.3) is 17.0 Å². The molecule has 2 fully saturated rings. The zero-order chi connectivity index (χ0) is 26.3. The third kappa shape index (κ3) is 5.15. The molecule has 1 amide bonds. The highest BCUT2D eigenvalue weighted by Crippen LogP contribution is 2.35. The van der Waals surface area contributed by atoms with E-state index in [2.05, 4.69) is 20.4 Å². The number of halogens is 2. The van der Waals surface area contributed by atoms with Gasteiger partial charge in [0.05, 0.1) is 19.9 Å². The minimum atomic E-state index is -0.845. The number of piperidine rings is 1. The summed E-state index contributed by atoms with van der Waals surface area (Å²) in [5.74, 6) is -1.26. The van der Waals surface area contributed by atoms with Gasteiger partial charge in [0.15, 0.2) is 23.1 Å². The van der Waals surface area contributed by atoms with Crippen molar-refractivity contribution in [3.8, 4) is 17.1 Å². The number of amides is 1. The molecule has 12 heteroatoms. The SMILES string of the molecule is COc1cc2ncc(-c3nc(NC4CCCN(C(=O)OC(C)(C)C)C4)c(F)cc3F)n2nc1C1CCO1. The number of hydrogen-bond donors (Lipinski definition) is 1. The quantitative estimate of drug-likeness (QED) is 0.534. The molecule has 1 N–H and O–H groups in total. The Morgan fingerprint density at radius 3 is 2.68 bits per heavy atom. The molecule has 37 heavy (non-hydrogen) atoms. The van der Waals surface area contributed by atoms with Crippen LogP contribution in [0.3, 0.4) is 0 Å². The van der Waals surface area contributed by atoms with Gasteiger partial charge < -0.3 is 24.4 Å². The number of nitrogens with one attached hydrogen (secondary N) is 1. The summed E-state index contributed by atoms with van der Waals surface area (Å²) in [6.07, 6.45) is 2.97. The number of rotatable bonds is 5. The summed E-state index contributed by atoms with van der Waals surface area (Å²) in [7, 11) is 1.54. The largest absolute Gasteiger partial charge is 0.495 e. The summed E-state index contributed by atoms with van der Waals surface area (Å²) in [5.41, 5.74) is 0.543. The van der Waals surface area contributed by atoms with Crippen molar-refractivity contribution in [1.82, 2.24) is 24.5 Å². The lowest BCUT2D eigenvalue weighted by Gasteiger charge is -2.34. The number of likely N-dealkylation sites (tertiary alicyclic amines) is 1. The molecule has 0 aliphatic carbocycles. The first-order valence-electron chi connectivity index (χ1n) is 12.3. The van der Waals surface area contributed by atoms with E-state index in [-0.39, 0.29) is 29.4 Å². The summed E-state index contributed by atoms with van der Waals surface area (Å²) in [6.45, 7) is 6.89. The second-order valence-electron chi connectivity index (χ2n) is 10.2. The molecule has 5 heterocycles. The van der Waals surface area contributed by atoms with E-state index in [4.69, 9.17) is 14.2 Å². The Morgan fingerprint density at radius 2 is 2.00 bits per heavy atom. The van der Waals surface area contributed by atoms with Gasteiger partial charge >= 0.3 is 6.09 Å². The maximum atomic E-state index is 15.0. The van der Waals surface area contributed by atoms with Crippen LogP contribution in [0.5, 0.6) is 5.75 Å². The van der Waals surface area contributed by atoms with Crippen molar-refractivity contribution >= 4 is 17.6 Å². The molecule has 2 saturated heterocycles. The first-order chi connectivity index (χ1) is 17.6. The average Bonchev–Trinajstić information content (AvgIpc) is 3.21. The highest BCUT2D eigenvalue weighted by atomic mass is 19.1. The molecule has 2 atom stereocenters. The van der Waals surface area contributed by atoms with E-state index in [0.29, 0.717) is 49.6 Å². The highest BCUT2D eigenvalue weighted by molar-refractivity contribution is 5.68. The minimum absolute atomic E-state index is 0.102. The number of carbonyl (C=O) groups is 1. The Bertz CT molecular complexity index is 1320. The highest BCUT2D eigenvalue weighted by Gasteiger charge is 2.30. The average molecular weight is 517 g/mol. The maximum absolute atomic E-state index is 15.0. The number of carbonyl (C=O) groups excluding carboxylic acids is 1. The summed E-state index contributed by atoms with van der Waals surface area (Å²) < 4.78 is 47.7. The number of aromatic nitrogens is 4. The third-order valence-electron chi connectivity index (χ3n) is 6.29. The third-order valence-corrected chi connectivity index (χ3v) is 6.29. The molecule has 2 unspecified atom stereocenters. The van der Waals surface area contributed by atoms with Gasteiger partial charge in [-0.3, -0.25) is 0 Å². The molecular formula is C25H30F2N6O4. The van der Waals surface area contributed by atoms with Crippen LogP contribution in [0.2, 0.25) is 0 Å². The van der Waals surface area contributed by atoms with Crippen molar-refractivity contribution in [3.63, 3.8) is 0 Å². The molecule has 2 aliphatic rings. The Morgan fingerprint density at radius 1 is 1.22 bits per heavy atom. The van der Waals surface area contributed by atoms with Crippen LogP contribution in [-0.4, -0.2) is 69.0 Å². The molecule has 5 rings (SSSR count). The standard InChI is InChI=1S/C25H30F2N6O4/c1-25(2,3)37-24(34)32-8-5-6-14(13-32)29-23-16(27)10-15(26)21(30-23)17-12-28-20-11-19(35-4)22(31-33(17)20)18-7-9-36-18/h10-12,14,18H,5-9,13H2,1-4H3,(H,29,30). The van der Waals surface area contributed by atoms with Gasteiger partial charge in [-0.05, 0) is 33.6 Å². The monoisotopic (exact) mass is 516 g/mol. The van der Waals surface area contributed by atoms with Crippen LogP contribution in [-0.2, 0) is 9.47 Å². The van der Waals surface area contributed by atoms with Gasteiger partial charge in [0, 0.05) is 37.7 Å². The molecule has 3 aromatic heterocycles. The van der Waals surface area contributed by atoms with Crippen LogP contribution < -0.4 is 10.1 Å². The van der Waals surface area contributed by atoms with Crippen molar-refractivity contribution in [2.75, 3.05) is 32.1 Å². The van der Waals surface area contributed by atoms with Gasteiger partial charge in [-0.2, -0.15) is 5.10 Å². The molecular weight excluding hydrogens is 486 g/mol.